The number of nitrogens with zero attached hydrogens (tertiary/aromatic N) is 2. The Morgan fingerprint density at radius 2 is 2.08 bits per heavy atom. The molecule has 25 heavy (non-hydrogen) atoms. The van der Waals surface area contributed by atoms with Crippen LogP contribution in [0.25, 0.3) is 21.7 Å². The number of likely N-dealkylation sites (tertiary alicyclic amines) is 1. The van der Waals surface area contributed by atoms with Gasteiger partial charge in [0.2, 0.25) is 0 Å². The minimum Gasteiger partial charge on any atom is -0.348 e. The Bertz CT molecular complexity index is 921. The maximum Gasteiger partial charge on any atom is 0.253 e. The molecule has 0 aliphatic carbocycles. The average Bonchev–Trinajstić information content (AvgIpc) is 2.67. The van der Waals surface area contributed by atoms with Crippen LogP contribution in [0, 0.1) is 0 Å². The molecule has 1 aliphatic rings. The minimum atomic E-state index is -0.0163. The fourth-order valence-electron chi connectivity index (χ4n) is 3.83. The number of aromatic nitrogens is 1. The first-order valence-corrected chi connectivity index (χ1v) is 9.06. The highest BCUT2D eigenvalue weighted by Crippen LogP contribution is 2.27. The van der Waals surface area contributed by atoms with E-state index in [-0.39, 0.29) is 11.9 Å². The van der Waals surface area contributed by atoms with E-state index in [0.29, 0.717) is 5.56 Å². The van der Waals surface area contributed by atoms with Crippen LogP contribution in [0.15, 0.2) is 48.7 Å². The first-order chi connectivity index (χ1) is 12.3. The van der Waals surface area contributed by atoms with Crippen LogP contribution in [-0.2, 0) is 0 Å². The molecular weight excluding hydrogens is 310 g/mol. The molecule has 2 heterocycles. The lowest BCUT2D eigenvalue weighted by Crippen LogP contribution is -2.47. The van der Waals surface area contributed by atoms with Gasteiger partial charge in [-0.3, -0.25) is 9.78 Å². The molecule has 0 saturated carbocycles. The maximum atomic E-state index is 13.0. The van der Waals surface area contributed by atoms with E-state index in [0.717, 1.165) is 54.2 Å². The molecule has 0 radical (unpaired) electrons. The van der Waals surface area contributed by atoms with Crippen molar-refractivity contribution in [2.24, 2.45) is 0 Å². The standard InChI is InChI=1S/C21H23N3O/c1-2-24-12-6-8-16(14-24)23-21(25)19-13-15-7-3-4-9-17(15)18-10-5-11-22-20(18)19/h3-5,7,9-11,13,16H,2,6,8,12,14H2,1H3,(H,23,25)/t16-/m1/s1. The normalized spacial score (nSPS) is 18.5. The average molecular weight is 333 g/mol. The highest BCUT2D eigenvalue weighted by molar-refractivity contribution is 6.15. The number of likely N-dealkylation sites (N-methyl/N-ethyl adjacent to an activating group) is 1. The number of amides is 1. The van der Waals surface area contributed by atoms with E-state index in [9.17, 15) is 4.79 Å². The van der Waals surface area contributed by atoms with Gasteiger partial charge in [0, 0.05) is 24.2 Å². The van der Waals surface area contributed by atoms with Crippen LogP contribution in [0.5, 0.6) is 0 Å². The highest BCUT2D eigenvalue weighted by atomic mass is 16.1. The van der Waals surface area contributed by atoms with E-state index in [1.807, 2.05) is 30.3 Å². The number of piperidine rings is 1. The summed E-state index contributed by atoms with van der Waals surface area (Å²) in [6.07, 6.45) is 3.93. The van der Waals surface area contributed by atoms with Crippen molar-refractivity contribution in [1.82, 2.24) is 15.2 Å². The second-order valence-electron chi connectivity index (χ2n) is 6.75. The van der Waals surface area contributed by atoms with E-state index in [2.05, 4.69) is 34.3 Å². The summed E-state index contributed by atoms with van der Waals surface area (Å²) in [4.78, 5) is 19.9. The summed E-state index contributed by atoms with van der Waals surface area (Å²) < 4.78 is 0. The third-order valence-corrected chi connectivity index (χ3v) is 5.15. The van der Waals surface area contributed by atoms with Gasteiger partial charge in [0.1, 0.15) is 0 Å². The topological polar surface area (TPSA) is 45.2 Å². The van der Waals surface area contributed by atoms with Crippen LogP contribution in [0.4, 0.5) is 0 Å². The van der Waals surface area contributed by atoms with Gasteiger partial charge in [-0.15, -0.1) is 0 Å². The predicted molar refractivity (Wildman–Crippen MR) is 102 cm³/mol. The first kappa shape index (κ1) is 16.0. The van der Waals surface area contributed by atoms with Crippen LogP contribution in [0.3, 0.4) is 0 Å². The van der Waals surface area contributed by atoms with Crippen molar-refractivity contribution in [3.05, 3.63) is 54.2 Å². The monoisotopic (exact) mass is 333 g/mol. The van der Waals surface area contributed by atoms with E-state index in [1.165, 1.54) is 0 Å². The van der Waals surface area contributed by atoms with Crippen molar-refractivity contribution >= 4 is 27.6 Å². The molecule has 4 rings (SSSR count). The Morgan fingerprint density at radius 3 is 2.96 bits per heavy atom. The van der Waals surface area contributed by atoms with Crippen molar-refractivity contribution in [3.63, 3.8) is 0 Å². The van der Waals surface area contributed by atoms with Crippen molar-refractivity contribution in [2.45, 2.75) is 25.8 Å². The summed E-state index contributed by atoms with van der Waals surface area (Å²) in [6, 6.07) is 14.3. The molecule has 0 spiro atoms. The van der Waals surface area contributed by atoms with Gasteiger partial charge in [0.25, 0.3) is 5.91 Å². The molecule has 1 atom stereocenters. The number of benzene rings is 2. The molecule has 0 unspecified atom stereocenters. The number of hydrogen-bond acceptors (Lipinski definition) is 3. The lowest BCUT2D eigenvalue weighted by atomic mass is 9.99. The highest BCUT2D eigenvalue weighted by Gasteiger charge is 2.22. The Hall–Kier alpha value is -2.46. The molecule has 4 heteroatoms. The van der Waals surface area contributed by atoms with Crippen molar-refractivity contribution < 1.29 is 4.79 Å². The van der Waals surface area contributed by atoms with Gasteiger partial charge in [0.15, 0.2) is 0 Å². The van der Waals surface area contributed by atoms with Gasteiger partial charge in [-0.25, -0.2) is 0 Å². The van der Waals surface area contributed by atoms with E-state index in [1.54, 1.807) is 6.20 Å². The smallest absolute Gasteiger partial charge is 0.253 e. The summed E-state index contributed by atoms with van der Waals surface area (Å²) in [5.41, 5.74) is 1.45. The van der Waals surface area contributed by atoms with Crippen molar-refractivity contribution in [3.8, 4) is 0 Å². The largest absolute Gasteiger partial charge is 0.348 e. The number of rotatable bonds is 3. The number of nitrogens with one attached hydrogen (secondary N) is 1. The summed E-state index contributed by atoms with van der Waals surface area (Å²) in [5, 5.41) is 6.48. The lowest BCUT2D eigenvalue weighted by molar-refractivity contribution is 0.0907. The first-order valence-electron chi connectivity index (χ1n) is 9.06. The molecule has 0 bridgehead atoms. The molecule has 1 saturated heterocycles. The molecule has 1 aromatic heterocycles. The number of fused-ring (bicyclic) bond motifs is 3. The molecule has 1 fully saturated rings. The minimum absolute atomic E-state index is 0.0163. The molecule has 1 aliphatic heterocycles. The Kier molecular flexibility index (Phi) is 4.36. The van der Waals surface area contributed by atoms with Crippen LogP contribution in [-0.4, -0.2) is 41.5 Å². The molecule has 3 aromatic rings. The third kappa shape index (κ3) is 3.10. The van der Waals surface area contributed by atoms with E-state index >= 15 is 0 Å². The third-order valence-electron chi connectivity index (χ3n) is 5.15. The summed E-state index contributed by atoms with van der Waals surface area (Å²) in [5.74, 6) is -0.0163. The zero-order valence-corrected chi connectivity index (χ0v) is 14.5. The molecule has 1 amide bonds. The summed E-state index contributed by atoms with van der Waals surface area (Å²) in [6.45, 7) is 5.27. The van der Waals surface area contributed by atoms with Gasteiger partial charge in [-0.05, 0) is 48.8 Å². The second kappa shape index (κ2) is 6.81. The van der Waals surface area contributed by atoms with Gasteiger partial charge in [0.05, 0.1) is 11.1 Å². The van der Waals surface area contributed by atoms with Crippen LogP contribution < -0.4 is 5.32 Å². The number of carbonyl (C=O) groups is 1. The molecule has 1 N–H and O–H groups in total. The van der Waals surface area contributed by atoms with Crippen LogP contribution in [0.2, 0.25) is 0 Å². The fourth-order valence-corrected chi connectivity index (χ4v) is 3.83. The van der Waals surface area contributed by atoms with Gasteiger partial charge in [-0.2, -0.15) is 0 Å². The summed E-state index contributed by atoms with van der Waals surface area (Å²) in [7, 11) is 0. The Labute approximate surface area is 147 Å². The number of hydrogen-bond donors (Lipinski definition) is 1. The van der Waals surface area contributed by atoms with Gasteiger partial charge in [-0.1, -0.05) is 37.3 Å². The van der Waals surface area contributed by atoms with Crippen LogP contribution in [0.1, 0.15) is 30.1 Å². The number of pyridine rings is 1. The Morgan fingerprint density at radius 1 is 1.24 bits per heavy atom. The molecular formula is C21H23N3O. The Balaban J connectivity index is 1.71. The number of carbonyl (C=O) groups excluding carboxylic acids is 1. The van der Waals surface area contributed by atoms with Crippen molar-refractivity contribution in [1.29, 1.82) is 0 Å². The predicted octanol–water partition coefficient (Wildman–Crippen LogP) is 3.60. The second-order valence-corrected chi connectivity index (χ2v) is 6.75. The SMILES string of the molecule is CCN1CCC[C@@H](NC(=O)c2cc3ccccc3c3cccnc23)C1. The van der Waals surface area contributed by atoms with Crippen LogP contribution >= 0.6 is 0 Å². The molecule has 2 aromatic carbocycles. The zero-order valence-electron chi connectivity index (χ0n) is 14.5. The maximum absolute atomic E-state index is 13.0. The summed E-state index contributed by atoms with van der Waals surface area (Å²) >= 11 is 0. The van der Waals surface area contributed by atoms with E-state index < -0.39 is 0 Å². The molecule has 128 valence electrons. The molecule has 4 nitrogen and oxygen atoms in total. The fraction of sp³-hybridized carbons (Fsp3) is 0.333. The van der Waals surface area contributed by atoms with E-state index in [4.69, 9.17) is 0 Å². The van der Waals surface area contributed by atoms with Crippen molar-refractivity contribution in [2.75, 3.05) is 19.6 Å². The lowest BCUT2D eigenvalue weighted by Gasteiger charge is -2.32. The van der Waals surface area contributed by atoms with Gasteiger partial charge < -0.3 is 10.2 Å². The quantitative estimate of drug-likeness (QED) is 0.745. The van der Waals surface area contributed by atoms with Gasteiger partial charge >= 0.3 is 0 Å². The zero-order chi connectivity index (χ0) is 17.2.